The number of anilines is 1. The summed E-state index contributed by atoms with van der Waals surface area (Å²) in [6.07, 6.45) is 1.58. The second-order valence-electron chi connectivity index (χ2n) is 8.79. The van der Waals surface area contributed by atoms with Crippen molar-refractivity contribution in [2.75, 3.05) is 5.32 Å². The smallest absolute Gasteiger partial charge is 0.259 e. The molecule has 9 nitrogen and oxygen atoms in total. The maximum absolute atomic E-state index is 12.9. The summed E-state index contributed by atoms with van der Waals surface area (Å²) >= 11 is 0. The number of carbonyl (C=O) groups excluding carboxylic acids is 1. The van der Waals surface area contributed by atoms with Gasteiger partial charge in [0, 0.05) is 17.4 Å². The maximum Gasteiger partial charge on any atom is 0.259 e. The molecule has 0 fully saturated rings. The summed E-state index contributed by atoms with van der Waals surface area (Å²) in [4.78, 5) is 21.8. The molecule has 186 valence electrons. The summed E-state index contributed by atoms with van der Waals surface area (Å²) in [5.41, 5.74) is 5.91. The molecule has 0 bridgehead atoms. The average Bonchev–Trinajstić information content (AvgIpc) is 3.40. The highest BCUT2D eigenvalue weighted by atomic mass is 16.5. The third kappa shape index (κ3) is 4.84. The van der Waals surface area contributed by atoms with E-state index in [0.717, 1.165) is 28.3 Å². The van der Waals surface area contributed by atoms with E-state index in [-0.39, 0.29) is 5.91 Å². The molecule has 1 amide bonds. The number of benzene rings is 2. The van der Waals surface area contributed by atoms with Crippen LogP contribution in [0.25, 0.3) is 11.5 Å². The van der Waals surface area contributed by atoms with E-state index in [2.05, 4.69) is 25.5 Å². The van der Waals surface area contributed by atoms with Gasteiger partial charge in [0.1, 0.15) is 11.6 Å². The Morgan fingerprint density at radius 3 is 2.27 bits per heavy atom. The number of nitrogens with one attached hydrogen (secondary N) is 1. The first kappa shape index (κ1) is 23.9. The standard InChI is InChI=1S/C28H27N7O2/c1-17-18(2)33-35(19(17)3)26-15-27(31-21(5)30-26)37-24-13-11-22(12-14-24)32-28(36)25-16-29-34(20(25)4)23-9-7-6-8-10-23/h6-16H,1-5H3,(H,32,36). The van der Waals surface area contributed by atoms with Crippen LogP contribution in [0.4, 0.5) is 5.69 Å². The summed E-state index contributed by atoms with van der Waals surface area (Å²) in [5.74, 6) is 1.98. The van der Waals surface area contributed by atoms with E-state index in [4.69, 9.17) is 4.74 Å². The minimum atomic E-state index is -0.232. The van der Waals surface area contributed by atoms with E-state index >= 15 is 0 Å². The van der Waals surface area contributed by atoms with Gasteiger partial charge in [-0.3, -0.25) is 4.79 Å². The predicted molar refractivity (Wildman–Crippen MR) is 141 cm³/mol. The van der Waals surface area contributed by atoms with Crippen LogP contribution >= 0.6 is 0 Å². The highest BCUT2D eigenvalue weighted by Crippen LogP contribution is 2.25. The van der Waals surface area contributed by atoms with Crippen LogP contribution in [0.3, 0.4) is 0 Å². The largest absolute Gasteiger partial charge is 0.439 e. The number of aryl methyl sites for hydroxylation is 2. The lowest BCUT2D eigenvalue weighted by molar-refractivity contribution is 0.102. The minimum absolute atomic E-state index is 0.232. The van der Waals surface area contributed by atoms with Gasteiger partial charge in [0.2, 0.25) is 5.88 Å². The molecule has 0 radical (unpaired) electrons. The van der Waals surface area contributed by atoms with Gasteiger partial charge < -0.3 is 10.1 Å². The predicted octanol–water partition coefficient (Wildman–Crippen LogP) is 5.43. The second kappa shape index (κ2) is 9.69. The lowest BCUT2D eigenvalue weighted by Crippen LogP contribution is -2.13. The van der Waals surface area contributed by atoms with Crippen LogP contribution in [0.15, 0.2) is 66.9 Å². The van der Waals surface area contributed by atoms with Crippen LogP contribution in [0.2, 0.25) is 0 Å². The van der Waals surface area contributed by atoms with Crippen molar-refractivity contribution >= 4 is 11.6 Å². The van der Waals surface area contributed by atoms with E-state index in [1.165, 1.54) is 0 Å². The monoisotopic (exact) mass is 493 g/mol. The molecule has 0 aliphatic rings. The zero-order valence-corrected chi connectivity index (χ0v) is 21.4. The molecule has 0 spiro atoms. The van der Waals surface area contributed by atoms with Crippen LogP contribution in [-0.2, 0) is 0 Å². The van der Waals surface area contributed by atoms with Crippen molar-refractivity contribution in [2.45, 2.75) is 34.6 Å². The normalized spacial score (nSPS) is 10.9. The number of amides is 1. The van der Waals surface area contributed by atoms with E-state index in [0.29, 0.717) is 34.5 Å². The molecule has 5 rings (SSSR count). The van der Waals surface area contributed by atoms with Gasteiger partial charge in [-0.2, -0.15) is 15.2 Å². The highest BCUT2D eigenvalue weighted by molar-refractivity contribution is 6.05. The maximum atomic E-state index is 12.9. The Hall–Kier alpha value is -4.79. The van der Waals surface area contributed by atoms with Gasteiger partial charge in [0.05, 0.1) is 28.8 Å². The number of ether oxygens (including phenoxy) is 1. The Labute approximate surface area is 214 Å². The van der Waals surface area contributed by atoms with E-state index < -0.39 is 0 Å². The molecule has 0 atom stereocenters. The highest BCUT2D eigenvalue weighted by Gasteiger charge is 2.16. The summed E-state index contributed by atoms with van der Waals surface area (Å²) in [6.45, 7) is 9.71. The van der Waals surface area contributed by atoms with Crippen molar-refractivity contribution < 1.29 is 9.53 Å². The Morgan fingerprint density at radius 1 is 0.865 bits per heavy atom. The van der Waals surface area contributed by atoms with E-state index in [1.54, 1.807) is 45.9 Å². The number of para-hydroxylation sites is 1. The van der Waals surface area contributed by atoms with Gasteiger partial charge in [-0.25, -0.2) is 14.3 Å². The summed E-state index contributed by atoms with van der Waals surface area (Å²) in [5, 5.41) is 11.9. The molecule has 3 heterocycles. The van der Waals surface area contributed by atoms with Crippen molar-refractivity contribution in [1.82, 2.24) is 29.5 Å². The molecule has 0 saturated carbocycles. The molecule has 37 heavy (non-hydrogen) atoms. The third-order valence-electron chi connectivity index (χ3n) is 6.26. The van der Waals surface area contributed by atoms with Gasteiger partial charge in [-0.1, -0.05) is 18.2 Å². The number of hydrogen-bond donors (Lipinski definition) is 1. The van der Waals surface area contributed by atoms with Crippen molar-refractivity contribution in [3.8, 4) is 23.1 Å². The van der Waals surface area contributed by atoms with Crippen LogP contribution in [-0.4, -0.2) is 35.4 Å². The van der Waals surface area contributed by atoms with Gasteiger partial charge in [0.15, 0.2) is 5.82 Å². The number of hydrogen-bond acceptors (Lipinski definition) is 6. The van der Waals surface area contributed by atoms with Crippen molar-refractivity contribution in [2.24, 2.45) is 0 Å². The number of carbonyl (C=O) groups is 1. The van der Waals surface area contributed by atoms with Crippen LogP contribution in [0, 0.1) is 34.6 Å². The molecule has 1 N–H and O–H groups in total. The van der Waals surface area contributed by atoms with Crippen molar-refractivity contribution in [3.05, 3.63) is 101 Å². The topological polar surface area (TPSA) is 99.8 Å². The summed E-state index contributed by atoms with van der Waals surface area (Å²) in [7, 11) is 0. The number of rotatable bonds is 6. The lowest BCUT2D eigenvalue weighted by Gasteiger charge is -2.10. The molecule has 2 aromatic carbocycles. The van der Waals surface area contributed by atoms with Crippen LogP contribution in [0.5, 0.6) is 11.6 Å². The molecule has 0 aliphatic carbocycles. The Balaban J connectivity index is 1.30. The zero-order valence-electron chi connectivity index (χ0n) is 21.4. The molecule has 0 unspecified atom stereocenters. The van der Waals surface area contributed by atoms with E-state index in [1.807, 2.05) is 65.0 Å². The Bertz CT molecular complexity index is 1590. The summed E-state index contributed by atoms with van der Waals surface area (Å²) in [6, 6.07) is 18.6. The van der Waals surface area contributed by atoms with Crippen molar-refractivity contribution in [1.29, 1.82) is 0 Å². The molecule has 3 aromatic heterocycles. The second-order valence-corrected chi connectivity index (χ2v) is 8.79. The molecule has 0 aliphatic heterocycles. The molecular weight excluding hydrogens is 466 g/mol. The first-order valence-electron chi connectivity index (χ1n) is 11.9. The van der Waals surface area contributed by atoms with Gasteiger partial charge in [0.25, 0.3) is 5.91 Å². The Morgan fingerprint density at radius 2 is 1.59 bits per heavy atom. The first-order chi connectivity index (χ1) is 17.8. The molecule has 5 aromatic rings. The van der Waals surface area contributed by atoms with Crippen LogP contribution < -0.4 is 10.1 Å². The lowest BCUT2D eigenvalue weighted by atomic mass is 10.2. The quantitative estimate of drug-likeness (QED) is 0.338. The van der Waals surface area contributed by atoms with Gasteiger partial charge >= 0.3 is 0 Å². The fourth-order valence-electron chi connectivity index (χ4n) is 4.02. The SMILES string of the molecule is Cc1nc(Oc2ccc(NC(=O)c3cnn(-c4ccccc4)c3C)cc2)cc(-n2nc(C)c(C)c2C)n1. The molecule has 0 saturated heterocycles. The van der Waals surface area contributed by atoms with Crippen LogP contribution in [0.1, 0.15) is 38.8 Å². The van der Waals surface area contributed by atoms with E-state index in [9.17, 15) is 4.79 Å². The average molecular weight is 494 g/mol. The molecular formula is C28H27N7O2. The third-order valence-corrected chi connectivity index (χ3v) is 6.26. The minimum Gasteiger partial charge on any atom is -0.439 e. The van der Waals surface area contributed by atoms with Crippen molar-refractivity contribution in [3.63, 3.8) is 0 Å². The summed E-state index contributed by atoms with van der Waals surface area (Å²) < 4.78 is 9.54. The number of nitrogens with zero attached hydrogens (tertiary/aromatic N) is 6. The fraction of sp³-hybridized carbons (Fsp3) is 0.179. The molecule has 9 heteroatoms. The Kier molecular flexibility index (Phi) is 6.27. The fourth-order valence-corrected chi connectivity index (χ4v) is 4.02. The first-order valence-corrected chi connectivity index (χ1v) is 11.9. The van der Waals surface area contributed by atoms with Gasteiger partial charge in [-0.15, -0.1) is 0 Å². The number of aromatic nitrogens is 6. The van der Waals surface area contributed by atoms with Gasteiger partial charge in [-0.05, 0) is 76.6 Å². The zero-order chi connectivity index (χ0) is 26.1.